The highest BCUT2D eigenvalue weighted by atomic mass is 79.9. The maximum absolute atomic E-state index is 5.66. The van der Waals surface area contributed by atoms with Gasteiger partial charge in [0, 0.05) is 5.33 Å². The van der Waals surface area contributed by atoms with Gasteiger partial charge in [0.1, 0.15) is 5.75 Å². The Labute approximate surface area is 111 Å². The minimum Gasteiger partial charge on any atom is -0.493 e. The lowest BCUT2D eigenvalue weighted by atomic mass is 10.2. The molecular formula is C13H19BrO3. The van der Waals surface area contributed by atoms with Crippen LogP contribution in [0.2, 0.25) is 0 Å². The first-order valence-corrected chi connectivity index (χ1v) is 7.00. The van der Waals surface area contributed by atoms with Crippen LogP contribution in [0.5, 0.6) is 17.2 Å². The molecule has 0 aliphatic rings. The van der Waals surface area contributed by atoms with Gasteiger partial charge in [-0.05, 0) is 32.9 Å². The van der Waals surface area contributed by atoms with E-state index >= 15 is 0 Å². The number of hydrogen-bond acceptors (Lipinski definition) is 3. The number of benzene rings is 1. The van der Waals surface area contributed by atoms with Gasteiger partial charge in [-0.15, -0.1) is 0 Å². The van der Waals surface area contributed by atoms with E-state index in [0.717, 1.165) is 22.8 Å². The van der Waals surface area contributed by atoms with Crippen molar-refractivity contribution >= 4 is 15.9 Å². The van der Waals surface area contributed by atoms with E-state index in [1.54, 1.807) is 0 Å². The Morgan fingerprint density at radius 3 is 1.94 bits per heavy atom. The second-order valence-electron chi connectivity index (χ2n) is 3.30. The van der Waals surface area contributed by atoms with Crippen LogP contribution in [0.3, 0.4) is 0 Å². The summed E-state index contributed by atoms with van der Waals surface area (Å²) in [6.07, 6.45) is 0. The van der Waals surface area contributed by atoms with Crippen LogP contribution in [0.25, 0.3) is 0 Å². The van der Waals surface area contributed by atoms with Crippen molar-refractivity contribution in [1.29, 1.82) is 0 Å². The van der Waals surface area contributed by atoms with Crippen LogP contribution >= 0.6 is 15.9 Å². The maximum atomic E-state index is 5.66. The van der Waals surface area contributed by atoms with Gasteiger partial charge in [0.15, 0.2) is 11.5 Å². The van der Waals surface area contributed by atoms with E-state index in [-0.39, 0.29) is 0 Å². The highest BCUT2D eigenvalue weighted by Gasteiger charge is 2.15. The Morgan fingerprint density at radius 1 is 0.882 bits per heavy atom. The zero-order valence-electron chi connectivity index (χ0n) is 10.6. The molecule has 0 aliphatic carbocycles. The molecule has 0 saturated carbocycles. The number of halogens is 1. The summed E-state index contributed by atoms with van der Waals surface area (Å²) in [5, 5.41) is 0.679. The standard InChI is InChI=1S/C13H19BrO3/c1-4-15-11-7-8-12(16-5-2)13(17-6-3)10(11)9-14/h7-8H,4-6,9H2,1-3H3. The van der Waals surface area contributed by atoms with Crippen LogP contribution in [0, 0.1) is 0 Å². The van der Waals surface area contributed by atoms with Crippen LogP contribution in [0.1, 0.15) is 26.3 Å². The molecule has 0 N–H and O–H groups in total. The zero-order valence-corrected chi connectivity index (χ0v) is 12.2. The highest BCUT2D eigenvalue weighted by molar-refractivity contribution is 9.08. The first-order valence-electron chi connectivity index (χ1n) is 5.88. The maximum Gasteiger partial charge on any atom is 0.168 e. The highest BCUT2D eigenvalue weighted by Crippen LogP contribution is 2.39. The Balaban J connectivity index is 3.17. The minimum absolute atomic E-state index is 0.607. The Morgan fingerprint density at radius 2 is 1.41 bits per heavy atom. The second kappa shape index (κ2) is 7.43. The first-order chi connectivity index (χ1) is 8.28. The molecule has 4 heteroatoms. The van der Waals surface area contributed by atoms with Gasteiger partial charge in [-0.2, -0.15) is 0 Å². The minimum atomic E-state index is 0.607. The molecule has 1 aromatic carbocycles. The van der Waals surface area contributed by atoms with E-state index in [9.17, 15) is 0 Å². The normalized spacial score (nSPS) is 10.1. The number of rotatable bonds is 7. The Kier molecular flexibility index (Phi) is 6.19. The van der Waals surface area contributed by atoms with Gasteiger partial charge in [0.2, 0.25) is 0 Å². The fraction of sp³-hybridized carbons (Fsp3) is 0.538. The quantitative estimate of drug-likeness (QED) is 0.718. The molecule has 0 saturated heterocycles. The molecule has 17 heavy (non-hydrogen) atoms. The lowest BCUT2D eigenvalue weighted by Gasteiger charge is -2.17. The third-order valence-electron chi connectivity index (χ3n) is 2.20. The summed E-state index contributed by atoms with van der Waals surface area (Å²) in [5.41, 5.74) is 1.000. The van der Waals surface area contributed by atoms with Crippen LogP contribution in [0.15, 0.2) is 12.1 Å². The molecule has 0 aromatic heterocycles. The van der Waals surface area contributed by atoms with Crippen molar-refractivity contribution in [3.63, 3.8) is 0 Å². The van der Waals surface area contributed by atoms with Gasteiger partial charge in [0.25, 0.3) is 0 Å². The van der Waals surface area contributed by atoms with Crippen LogP contribution in [-0.4, -0.2) is 19.8 Å². The fourth-order valence-corrected chi connectivity index (χ4v) is 2.11. The summed E-state index contributed by atoms with van der Waals surface area (Å²) in [4.78, 5) is 0. The van der Waals surface area contributed by atoms with E-state index in [1.807, 2.05) is 32.9 Å². The average Bonchev–Trinajstić information content (AvgIpc) is 2.33. The van der Waals surface area contributed by atoms with Gasteiger partial charge in [-0.1, -0.05) is 15.9 Å². The molecule has 1 aromatic rings. The molecule has 0 atom stereocenters. The number of hydrogen-bond donors (Lipinski definition) is 0. The van der Waals surface area contributed by atoms with Crippen molar-refractivity contribution in [2.24, 2.45) is 0 Å². The molecule has 96 valence electrons. The topological polar surface area (TPSA) is 27.7 Å². The van der Waals surface area contributed by atoms with Crippen molar-refractivity contribution < 1.29 is 14.2 Å². The third-order valence-corrected chi connectivity index (χ3v) is 2.76. The van der Waals surface area contributed by atoms with Crippen LogP contribution in [0.4, 0.5) is 0 Å². The monoisotopic (exact) mass is 302 g/mol. The molecular weight excluding hydrogens is 284 g/mol. The van der Waals surface area contributed by atoms with E-state index in [4.69, 9.17) is 14.2 Å². The van der Waals surface area contributed by atoms with E-state index in [0.29, 0.717) is 25.2 Å². The molecule has 0 bridgehead atoms. The van der Waals surface area contributed by atoms with Crippen molar-refractivity contribution in [3.8, 4) is 17.2 Å². The molecule has 1 rings (SSSR count). The third kappa shape index (κ3) is 3.53. The summed E-state index contributed by atoms with van der Waals surface area (Å²) in [7, 11) is 0. The van der Waals surface area contributed by atoms with Crippen molar-refractivity contribution in [2.45, 2.75) is 26.1 Å². The van der Waals surface area contributed by atoms with Gasteiger partial charge < -0.3 is 14.2 Å². The Bertz CT molecular complexity index is 353. The number of ether oxygens (including phenoxy) is 3. The predicted molar refractivity (Wildman–Crippen MR) is 72.6 cm³/mol. The van der Waals surface area contributed by atoms with E-state index in [1.165, 1.54) is 0 Å². The fourth-order valence-electron chi connectivity index (χ4n) is 1.58. The van der Waals surface area contributed by atoms with Gasteiger partial charge in [-0.25, -0.2) is 0 Å². The Hall–Kier alpha value is -0.900. The molecule has 0 fully saturated rings. The summed E-state index contributed by atoms with van der Waals surface area (Å²) in [6, 6.07) is 3.82. The summed E-state index contributed by atoms with van der Waals surface area (Å²) < 4.78 is 16.8. The average molecular weight is 303 g/mol. The van der Waals surface area contributed by atoms with Gasteiger partial charge in [0.05, 0.1) is 25.4 Å². The van der Waals surface area contributed by atoms with E-state index < -0.39 is 0 Å². The molecule has 3 nitrogen and oxygen atoms in total. The van der Waals surface area contributed by atoms with Gasteiger partial charge in [-0.3, -0.25) is 0 Å². The molecule has 0 radical (unpaired) electrons. The second-order valence-corrected chi connectivity index (χ2v) is 3.86. The molecule has 0 aliphatic heterocycles. The smallest absolute Gasteiger partial charge is 0.168 e. The molecule has 0 amide bonds. The summed E-state index contributed by atoms with van der Waals surface area (Å²) in [5.74, 6) is 2.39. The van der Waals surface area contributed by atoms with Crippen LogP contribution in [-0.2, 0) is 5.33 Å². The SMILES string of the molecule is CCOc1ccc(OCC)c(OCC)c1CBr. The summed E-state index contributed by atoms with van der Waals surface area (Å²) in [6.45, 7) is 7.75. The first kappa shape index (κ1) is 14.2. The zero-order chi connectivity index (χ0) is 12.7. The lowest BCUT2D eigenvalue weighted by molar-refractivity contribution is 0.280. The van der Waals surface area contributed by atoms with Gasteiger partial charge >= 0.3 is 0 Å². The van der Waals surface area contributed by atoms with Crippen molar-refractivity contribution in [2.75, 3.05) is 19.8 Å². The predicted octanol–water partition coefficient (Wildman–Crippen LogP) is 3.78. The molecule has 0 heterocycles. The molecule has 0 unspecified atom stereocenters. The van der Waals surface area contributed by atoms with E-state index in [2.05, 4.69) is 15.9 Å². The van der Waals surface area contributed by atoms with Crippen molar-refractivity contribution in [1.82, 2.24) is 0 Å². The summed E-state index contributed by atoms with van der Waals surface area (Å²) >= 11 is 3.47. The number of alkyl halides is 1. The lowest BCUT2D eigenvalue weighted by Crippen LogP contribution is -2.03. The largest absolute Gasteiger partial charge is 0.493 e. The molecule has 0 spiro atoms. The van der Waals surface area contributed by atoms with Crippen molar-refractivity contribution in [3.05, 3.63) is 17.7 Å². The van der Waals surface area contributed by atoms with Crippen LogP contribution < -0.4 is 14.2 Å².